The molecule has 0 unspecified atom stereocenters. The van der Waals surface area contributed by atoms with Crippen molar-refractivity contribution in [3.63, 3.8) is 0 Å². The highest BCUT2D eigenvalue weighted by atomic mass is 35.5. The monoisotopic (exact) mass is 392 g/mol. The highest BCUT2D eigenvalue weighted by Crippen LogP contribution is 2.34. The predicted molar refractivity (Wildman–Crippen MR) is 101 cm³/mol. The Labute approximate surface area is 165 Å². The average molecular weight is 393 g/mol. The summed E-state index contributed by atoms with van der Waals surface area (Å²) in [5.74, 6) is 0. The van der Waals surface area contributed by atoms with Gasteiger partial charge < -0.3 is 25.2 Å². The van der Waals surface area contributed by atoms with Crippen LogP contribution in [0.15, 0.2) is 36.4 Å². The number of halogens is 1. The van der Waals surface area contributed by atoms with Gasteiger partial charge in [0.25, 0.3) is 0 Å². The fraction of sp³-hybridized carbons (Fsp3) is 0.429. The molecule has 1 aliphatic heterocycles. The number of hydrogen-bond donors (Lipinski definition) is 4. The minimum atomic E-state index is -1.88. The molecule has 6 heteroatoms. The lowest BCUT2D eigenvalue weighted by Gasteiger charge is -2.40. The van der Waals surface area contributed by atoms with E-state index in [4.69, 9.17) is 19.1 Å². The minimum absolute atomic E-state index is 0.216. The molecule has 2 aromatic carbocycles. The summed E-state index contributed by atoms with van der Waals surface area (Å²) in [6, 6.07) is 10.2. The number of benzene rings is 2. The Morgan fingerprint density at radius 1 is 1.00 bits per heavy atom. The summed E-state index contributed by atoms with van der Waals surface area (Å²) in [5.41, 5.74) is 3.46. The van der Waals surface area contributed by atoms with Crippen molar-refractivity contribution in [3.8, 4) is 0 Å². The molecule has 1 aliphatic carbocycles. The Kier molecular flexibility index (Phi) is 4.58. The maximum absolute atomic E-state index is 10.4. The fourth-order valence-electron chi connectivity index (χ4n) is 3.62. The molecule has 0 amide bonds. The average Bonchev–Trinajstić information content (AvgIpc) is 2.68. The van der Waals surface area contributed by atoms with Gasteiger partial charge in [-0.2, -0.15) is 0 Å². The van der Waals surface area contributed by atoms with Crippen molar-refractivity contribution in [1.82, 2.24) is 0 Å². The lowest BCUT2D eigenvalue weighted by atomic mass is 9.86. The molecule has 0 aromatic heterocycles. The third-order valence-corrected chi connectivity index (χ3v) is 5.69. The number of rotatable bonds is 4. The first-order chi connectivity index (χ1) is 13.7. The van der Waals surface area contributed by atoms with Crippen molar-refractivity contribution in [2.45, 2.75) is 49.7 Å². The van der Waals surface area contributed by atoms with Crippen molar-refractivity contribution in [1.29, 1.82) is 0 Å². The molecule has 5 nitrogen and oxygen atoms in total. The van der Waals surface area contributed by atoms with Crippen molar-refractivity contribution in [2.75, 3.05) is 6.61 Å². The van der Waals surface area contributed by atoms with Crippen LogP contribution in [0.2, 0.25) is 5.02 Å². The number of hydrogen-bond acceptors (Lipinski definition) is 5. The number of aryl methyl sites for hydroxylation is 2. The maximum atomic E-state index is 10.4. The van der Waals surface area contributed by atoms with E-state index >= 15 is 0 Å². The van der Waals surface area contributed by atoms with Gasteiger partial charge in [0.15, 0.2) is 0 Å². The zero-order chi connectivity index (χ0) is 20.9. The largest absolute Gasteiger partial charge is 0.394 e. The van der Waals surface area contributed by atoms with Gasteiger partial charge in [0.1, 0.15) is 30.5 Å². The van der Waals surface area contributed by atoms with Gasteiger partial charge in [-0.25, -0.2) is 0 Å². The van der Waals surface area contributed by atoms with Crippen LogP contribution in [0.1, 0.15) is 36.7 Å². The van der Waals surface area contributed by atoms with Crippen LogP contribution in [-0.4, -0.2) is 51.4 Å². The summed E-state index contributed by atoms with van der Waals surface area (Å²) in [6.45, 7) is -0.530. The molecule has 0 radical (unpaired) electrons. The number of aliphatic hydroxyl groups is 4. The highest BCUT2D eigenvalue weighted by Gasteiger charge is 2.44. The van der Waals surface area contributed by atoms with Crippen LogP contribution in [0.3, 0.4) is 0 Å². The third-order valence-electron chi connectivity index (χ3n) is 5.36. The quantitative estimate of drug-likeness (QED) is 0.633. The van der Waals surface area contributed by atoms with E-state index in [1.807, 2.05) is 12.1 Å². The van der Waals surface area contributed by atoms with Crippen molar-refractivity contribution in [3.05, 3.63) is 69.2 Å². The number of ether oxygens (including phenoxy) is 1. The molecular formula is C21H23ClO5. The SMILES string of the molecule is [2H]C([2H])(c1ccc2c(c1)CC2)c1cc([C@@H]2O[C@H](CO)[C@@H](O)[C@H](O)[C@H]2O)ccc1Cl. The van der Waals surface area contributed by atoms with E-state index in [1.54, 1.807) is 12.1 Å². The van der Waals surface area contributed by atoms with Crippen LogP contribution in [0.5, 0.6) is 0 Å². The van der Waals surface area contributed by atoms with Crippen molar-refractivity contribution in [2.24, 2.45) is 0 Å². The summed E-state index contributed by atoms with van der Waals surface area (Å²) in [4.78, 5) is 0. The number of aliphatic hydroxyl groups excluding tert-OH is 4. The molecule has 144 valence electrons. The first kappa shape index (κ1) is 16.5. The minimum Gasteiger partial charge on any atom is -0.394 e. The molecule has 1 fully saturated rings. The zero-order valence-electron chi connectivity index (χ0n) is 16.5. The summed E-state index contributed by atoms with van der Waals surface area (Å²) in [6.07, 6.45) is -6.43. The maximum Gasteiger partial charge on any atom is 0.113 e. The lowest BCUT2D eigenvalue weighted by Crippen LogP contribution is -2.55. The van der Waals surface area contributed by atoms with Crippen LogP contribution >= 0.6 is 11.6 Å². The summed E-state index contributed by atoms with van der Waals surface area (Å²) in [5, 5.41) is 40.1. The normalized spacial score (nSPS) is 31.5. The molecule has 0 spiro atoms. The van der Waals surface area contributed by atoms with E-state index in [-0.39, 0.29) is 10.6 Å². The second-order valence-electron chi connectivity index (χ2n) is 7.10. The molecule has 0 bridgehead atoms. The molecule has 4 N–H and O–H groups in total. The molecule has 1 heterocycles. The van der Waals surface area contributed by atoms with Gasteiger partial charge in [0.05, 0.1) is 6.61 Å². The van der Waals surface area contributed by atoms with Crippen LogP contribution in [0, 0.1) is 0 Å². The summed E-state index contributed by atoms with van der Waals surface area (Å²) >= 11 is 6.33. The first-order valence-corrected chi connectivity index (χ1v) is 9.34. The van der Waals surface area contributed by atoms with Gasteiger partial charge in [0, 0.05) is 7.76 Å². The Bertz CT molecular complexity index is 920. The molecule has 1 saturated heterocycles. The van der Waals surface area contributed by atoms with E-state index in [9.17, 15) is 20.4 Å². The van der Waals surface area contributed by atoms with Gasteiger partial charge in [0.2, 0.25) is 0 Å². The Hall–Kier alpha value is -1.47. The van der Waals surface area contributed by atoms with E-state index in [1.165, 1.54) is 17.7 Å². The molecule has 2 aromatic rings. The van der Waals surface area contributed by atoms with Crippen LogP contribution in [-0.2, 0) is 24.0 Å². The van der Waals surface area contributed by atoms with Gasteiger partial charge in [-0.1, -0.05) is 41.9 Å². The lowest BCUT2D eigenvalue weighted by molar-refractivity contribution is -0.231. The predicted octanol–water partition coefficient (Wildman–Crippen LogP) is 1.54. The Morgan fingerprint density at radius 3 is 2.44 bits per heavy atom. The van der Waals surface area contributed by atoms with Gasteiger partial charge >= 0.3 is 0 Å². The van der Waals surface area contributed by atoms with E-state index < -0.39 is 43.5 Å². The molecule has 27 heavy (non-hydrogen) atoms. The first-order valence-electron chi connectivity index (χ1n) is 9.96. The molecule has 5 atom stereocenters. The standard InChI is InChI=1S/C21H23ClO5/c22-16-6-5-14(21-20(26)19(25)18(24)17(10-23)27-21)9-15(16)8-11-1-2-12-3-4-13(12)7-11/h1-2,5-7,9,17-21,23-26H,3-4,8,10H2/t17-,18-,19+,20-,21+/m1/s1/i8D2. The van der Waals surface area contributed by atoms with Crippen molar-refractivity contribution >= 4 is 11.6 Å². The van der Waals surface area contributed by atoms with E-state index in [2.05, 4.69) is 0 Å². The van der Waals surface area contributed by atoms with Gasteiger partial charge in [-0.3, -0.25) is 0 Å². The Balaban J connectivity index is 1.71. The van der Waals surface area contributed by atoms with E-state index in [0.717, 1.165) is 18.4 Å². The highest BCUT2D eigenvalue weighted by molar-refractivity contribution is 6.31. The smallest absolute Gasteiger partial charge is 0.113 e. The van der Waals surface area contributed by atoms with Crippen LogP contribution in [0.25, 0.3) is 0 Å². The van der Waals surface area contributed by atoms with Crippen LogP contribution < -0.4 is 0 Å². The van der Waals surface area contributed by atoms with E-state index in [0.29, 0.717) is 11.1 Å². The molecular weight excluding hydrogens is 368 g/mol. The van der Waals surface area contributed by atoms with Gasteiger partial charge in [-0.15, -0.1) is 0 Å². The summed E-state index contributed by atoms with van der Waals surface area (Å²) in [7, 11) is 0. The second kappa shape index (κ2) is 7.51. The molecule has 0 saturated carbocycles. The van der Waals surface area contributed by atoms with Crippen LogP contribution in [0.4, 0.5) is 0 Å². The zero-order valence-corrected chi connectivity index (χ0v) is 15.3. The van der Waals surface area contributed by atoms with Gasteiger partial charge in [-0.05, 0) is 53.1 Å². The molecule has 2 aliphatic rings. The fourth-order valence-corrected chi connectivity index (χ4v) is 3.79. The number of fused-ring (bicyclic) bond motifs is 1. The molecule has 4 rings (SSSR count). The third kappa shape index (κ3) is 3.51. The summed E-state index contributed by atoms with van der Waals surface area (Å²) < 4.78 is 23.0. The Morgan fingerprint density at radius 2 is 1.78 bits per heavy atom. The second-order valence-corrected chi connectivity index (χ2v) is 7.50. The topological polar surface area (TPSA) is 90.2 Å². The van der Waals surface area contributed by atoms with Crippen molar-refractivity contribution < 1.29 is 27.9 Å².